The third-order valence-corrected chi connectivity index (χ3v) is 9.77. The molecule has 294 valence electrons. The van der Waals surface area contributed by atoms with E-state index in [2.05, 4.69) is 61.9 Å². The molecule has 0 saturated carbocycles. The second-order valence-electron chi connectivity index (χ2n) is 15.1. The molecule has 1 unspecified atom stereocenters. The minimum absolute atomic E-state index is 0.215. The molecule has 4 N–H and O–H groups in total. The Bertz CT molecular complexity index is 2340. The van der Waals surface area contributed by atoms with Gasteiger partial charge in [0.2, 0.25) is 0 Å². The van der Waals surface area contributed by atoms with Crippen LogP contribution in [-0.2, 0) is 16.8 Å². The first kappa shape index (κ1) is 38.9. The molecule has 0 spiro atoms. The van der Waals surface area contributed by atoms with Crippen molar-refractivity contribution in [2.24, 2.45) is 0 Å². The Hall–Kier alpha value is -6.38. The van der Waals surface area contributed by atoms with Crippen LogP contribution in [0, 0.1) is 6.92 Å². The van der Waals surface area contributed by atoms with Crippen LogP contribution in [0.15, 0.2) is 97.5 Å². The molecule has 57 heavy (non-hydrogen) atoms. The van der Waals surface area contributed by atoms with Crippen LogP contribution in [0.2, 0.25) is 0 Å². The van der Waals surface area contributed by atoms with Crippen LogP contribution in [0.25, 0.3) is 16.5 Å². The fraction of sp³-hybridized carbons (Fsp3) is 0.302. The number of aryl methyl sites for hydroxylation is 1. The Morgan fingerprint density at radius 2 is 1.70 bits per heavy atom. The normalized spacial score (nSPS) is 14.4. The molecule has 7 rings (SSSR count). The molecule has 14 heteroatoms. The van der Waals surface area contributed by atoms with Crippen LogP contribution in [0.1, 0.15) is 54.5 Å². The molecule has 3 aromatic carbocycles. The predicted octanol–water partition coefficient (Wildman–Crippen LogP) is 7.23. The van der Waals surface area contributed by atoms with Crippen molar-refractivity contribution in [1.82, 2.24) is 34.9 Å². The molecule has 1 fully saturated rings. The first-order valence-electron chi connectivity index (χ1n) is 19.0. The Morgan fingerprint density at radius 3 is 2.44 bits per heavy atom. The standard InChI is InChI=1S/C43H48N10O4/c1-28-10-12-30(13-11-28)53-40(23-37(51-53)43(2,3)4)50-42(55)48-34-14-15-36(33-9-7-6-8-32(33)34)57-27-29-16-18-44-38(22-29)49-39-25-46-35(24-47-39)41(54)45-19-21-52-20-17-31(26-52)56-5/h6-16,18,22-25,31H,17,19-21,26-27H2,1-5H3,(H,45,54)(H,44,47,49)(H2,48,50,55). The number of rotatable bonds is 13. The fourth-order valence-electron chi connectivity index (χ4n) is 6.54. The third kappa shape index (κ3) is 9.72. The number of benzene rings is 3. The summed E-state index contributed by atoms with van der Waals surface area (Å²) in [4.78, 5) is 41.5. The lowest BCUT2D eigenvalue weighted by atomic mass is 9.92. The van der Waals surface area contributed by atoms with Crippen LogP contribution in [-0.4, -0.2) is 81.0 Å². The van der Waals surface area contributed by atoms with E-state index in [0.29, 0.717) is 35.4 Å². The Balaban J connectivity index is 0.964. The number of carbonyl (C=O) groups excluding carboxylic acids is 2. The van der Waals surface area contributed by atoms with Crippen molar-refractivity contribution in [2.45, 2.75) is 52.2 Å². The van der Waals surface area contributed by atoms with Crippen LogP contribution in [0.5, 0.6) is 5.75 Å². The summed E-state index contributed by atoms with van der Waals surface area (Å²) in [5.41, 5.74) is 4.38. The van der Waals surface area contributed by atoms with E-state index in [1.807, 2.05) is 85.8 Å². The molecule has 6 aromatic rings. The average Bonchev–Trinajstić information content (AvgIpc) is 3.86. The number of ether oxygens (including phenoxy) is 2. The number of anilines is 4. The van der Waals surface area contributed by atoms with Crippen molar-refractivity contribution in [3.05, 3.63) is 120 Å². The number of pyridine rings is 1. The van der Waals surface area contributed by atoms with Gasteiger partial charge in [-0.3, -0.25) is 15.0 Å². The van der Waals surface area contributed by atoms with E-state index in [-0.39, 0.29) is 29.7 Å². The van der Waals surface area contributed by atoms with E-state index in [4.69, 9.17) is 14.6 Å². The highest BCUT2D eigenvalue weighted by Crippen LogP contribution is 2.33. The van der Waals surface area contributed by atoms with E-state index in [1.165, 1.54) is 12.4 Å². The number of nitrogens with one attached hydrogen (secondary N) is 4. The van der Waals surface area contributed by atoms with Gasteiger partial charge in [0.05, 0.1) is 35.6 Å². The zero-order valence-corrected chi connectivity index (χ0v) is 32.9. The molecule has 1 saturated heterocycles. The number of hydrogen-bond acceptors (Lipinski definition) is 10. The van der Waals surface area contributed by atoms with Gasteiger partial charge in [0.1, 0.15) is 35.5 Å². The van der Waals surface area contributed by atoms with Gasteiger partial charge in [-0.15, -0.1) is 0 Å². The van der Waals surface area contributed by atoms with Gasteiger partial charge >= 0.3 is 6.03 Å². The first-order chi connectivity index (χ1) is 27.5. The lowest BCUT2D eigenvalue weighted by Crippen LogP contribution is -2.34. The smallest absolute Gasteiger partial charge is 0.324 e. The van der Waals surface area contributed by atoms with Crippen molar-refractivity contribution in [3.63, 3.8) is 0 Å². The van der Waals surface area contributed by atoms with Crippen LogP contribution < -0.4 is 26.0 Å². The molecular weight excluding hydrogens is 721 g/mol. The molecule has 1 aliphatic heterocycles. The summed E-state index contributed by atoms with van der Waals surface area (Å²) >= 11 is 0. The summed E-state index contributed by atoms with van der Waals surface area (Å²) in [6, 6.07) is 24.7. The molecule has 0 bridgehead atoms. The molecule has 3 aromatic heterocycles. The zero-order chi connectivity index (χ0) is 39.9. The largest absolute Gasteiger partial charge is 0.488 e. The van der Waals surface area contributed by atoms with E-state index in [9.17, 15) is 9.59 Å². The quantitative estimate of drug-likeness (QED) is 0.0944. The number of aromatic nitrogens is 5. The Labute approximate surface area is 332 Å². The monoisotopic (exact) mass is 768 g/mol. The van der Waals surface area contributed by atoms with Crippen LogP contribution >= 0.6 is 0 Å². The number of urea groups is 1. The summed E-state index contributed by atoms with van der Waals surface area (Å²) in [6.07, 6.45) is 5.90. The molecular formula is C43H48N10O4. The topological polar surface area (TPSA) is 160 Å². The van der Waals surface area contributed by atoms with Crippen molar-refractivity contribution in [1.29, 1.82) is 0 Å². The van der Waals surface area contributed by atoms with E-state index < -0.39 is 6.03 Å². The zero-order valence-electron chi connectivity index (χ0n) is 32.9. The lowest BCUT2D eigenvalue weighted by molar-refractivity contribution is 0.0938. The van der Waals surface area contributed by atoms with Crippen molar-refractivity contribution in [3.8, 4) is 11.4 Å². The summed E-state index contributed by atoms with van der Waals surface area (Å²) in [5.74, 6) is 1.96. The van der Waals surface area contributed by atoms with Gasteiger partial charge in [0, 0.05) is 61.7 Å². The fourth-order valence-corrected chi connectivity index (χ4v) is 6.54. The molecule has 0 radical (unpaired) electrons. The molecule has 1 aliphatic rings. The highest BCUT2D eigenvalue weighted by Gasteiger charge is 2.23. The molecule has 4 heterocycles. The van der Waals surface area contributed by atoms with Gasteiger partial charge in [-0.25, -0.2) is 24.4 Å². The summed E-state index contributed by atoms with van der Waals surface area (Å²) in [5, 5.41) is 18.6. The number of methoxy groups -OCH3 is 1. The van der Waals surface area contributed by atoms with E-state index in [1.54, 1.807) is 18.0 Å². The highest BCUT2D eigenvalue weighted by atomic mass is 16.5. The molecule has 14 nitrogen and oxygen atoms in total. The van der Waals surface area contributed by atoms with Crippen molar-refractivity contribution in [2.75, 3.05) is 49.2 Å². The maximum absolute atomic E-state index is 13.5. The minimum atomic E-state index is -0.392. The van der Waals surface area contributed by atoms with E-state index >= 15 is 0 Å². The number of amides is 3. The summed E-state index contributed by atoms with van der Waals surface area (Å²) in [6.45, 7) is 11.7. The van der Waals surface area contributed by atoms with Gasteiger partial charge in [-0.1, -0.05) is 62.7 Å². The molecule has 3 amide bonds. The van der Waals surface area contributed by atoms with Gasteiger partial charge in [-0.2, -0.15) is 5.10 Å². The van der Waals surface area contributed by atoms with Crippen LogP contribution in [0.4, 0.5) is 27.9 Å². The predicted molar refractivity (Wildman–Crippen MR) is 222 cm³/mol. The van der Waals surface area contributed by atoms with E-state index in [0.717, 1.165) is 59.3 Å². The van der Waals surface area contributed by atoms with Gasteiger partial charge < -0.3 is 25.4 Å². The Morgan fingerprint density at radius 1 is 0.895 bits per heavy atom. The minimum Gasteiger partial charge on any atom is -0.488 e. The molecule has 1 atom stereocenters. The Kier molecular flexibility index (Phi) is 11.7. The van der Waals surface area contributed by atoms with Gasteiger partial charge in [0.25, 0.3) is 5.91 Å². The van der Waals surface area contributed by atoms with Gasteiger partial charge in [-0.05, 0) is 55.3 Å². The molecule has 0 aliphatic carbocycles. The lowest BCUT2D eigenvalue weighted by Gasteiger charge is -2.15. The van der Waals surface area contributed by atoms with Crippen LogP contribution in [0.3, 0.4) is 0 Å². The third-order valence-electron chi connectivity index (χ3n) is 9.77. The SMILES string of the molecule is COC1CCN(CCNC(=O)c2cnc(Nc3cc(COc4ccc(NC(=O)Nc5cc(C(C)(C)C)nn5-c5ccc(C)cc5)c5ccccc45)ccn3)cn2)C1. The number of hydrogen-bond donors (Lipinski definition) is 4. The summed E-state index contributed by atoms with van der Waals surface area (Å²) in [7, 11) is 1.73. The maximum atomic E-state index is 13.5. The number of likely N-dealkylation sites (tertiary alicyclic amines) is 1. The van der Waals surface area contributed by atoms with Crippen molar-refractivity contribution < 1.29 is 19.1 Å². The van der Waals surface area contributed by atoms with Crippen molar-refractivity contribution >= 4 is 45.9 Å². The highest BCUT2D eigenvalue weighted by molar-refractivity contribution is 6.07. The number of nitrogens with zero attached hydrogens (tertiary/aromatic N) is 6. The maximum Gasteiger partial charge on any atom is 0.324 e. The summed E-state index contributed by atoms with van der Waals surface area (Å²) < 4.78 is 13.5. The number of fused-ring (bicyclic) bond motifs is 1. The first-order valence-corrected chi connectivity index (χ1v) is 19.0. The second kappa shape index (κ2) is 17.2. The van der Waals surface area contributed by atoms with Gasteiger partial charge in [0.15, 0.2) is 0 Å². The average molecular weight is 769 g/mol. The number of carbonyl (C=O) groups is 2. The second-order valence-corrected chi connectivity index (χ2v) is 15.1.